The fraction of sp³-hybridized carbons (Fsp3) is 0.235. The van der Waals surface area contributed by atoms with Gasteiger partial charge in [0.1, 0.15) is 5.75 Å². The van der Waals surface area contributed by atoms with E-state index < -0.39 is 12.1 Å². The Balaban J connectivity index is 2.13. The minimum absolute atomic E-state index is 0.353. The zero-order chi connectivity index (χ0) is 14.5. The molecule has 0 aliphatic carbocycles. The zero-order valence-corrected chi connectivity index (χ0v) is 11.7. The normalized spacial score (nSPS) is 11.9. The van der Waals surface area contributed by atoms with Gasteiger partial charge >= 0.3 is 5.97 Å². The molecule has 0 unspecified atom stereocenters. The molecule has 0 fully saturated rings. The molecule has 1 atom stereocenters. The van der Waals surface area contributed by atoms with Gasteiger partial charge in [-0.25, -0.2) is 4.79 Å². The lowest BCUT2D eigenvalue weighted by Gasteiger charge is -2.15. The van der Waals surface area contributed by atoms with Crippen LogP contribution >= 0.6 is 0 Å². The van der Waals surface area contributed by atoms with Gasteiger partial charge in [-0.15, -0.1) is 0 Å². The van der Waals surface area contributed by atoms with E-state index in [1.165, 1.54) is 5.56 Å². The van der Waals surface area contributed by atoms with Gasteiger partial charge in [-0.3, -0.25) is 0 Å². The van der Waals surface area contributed by atoms with Crippen LogP contribution in [0.3, 0.4) is 0 Å². The Morgan fingerprint density at radius 3 is 2.40 bits per heavy atom. The summed E-state index contributed by atoms with van der Waals surface area (Å²) in [5.74, 6) is -0.379. The van der Waals surface area contributed by atoms with Gasteiger partial charge in [0, 0.05) is 6.42 Å². The van der Waals surface area contributed by atoms with Crippen molar-refractivity contribution in [1.29, 1.82) is 0 Å². The number of benzene rings is 2. The number of carboxylic acids is 1. The summed E-state index contributed by atoms with van der Waals surface area (Å²) >= 11 is 0. The standard InChI is InChI=1S/C17H18O3/c1-12-8-9-14(10-13(12)2)11-16(17(18)19)20-15-6-4-3-5-7-15/h3-10,16H,11H2,1-2H3,(H,18,19)/t16-/m1/s1. The maximum absolute atomic E-state index is 11.3. The molecule has 0 bridgehead atoms. The number of aryl methyl sites for hydroxylation is 2. The number of carboxylic acid groups (broad SMARTS) is 1. The molecule has 0 radical (unpaired) electrons. The van der Waals surface area contributed by atoms with Crippen molar-refractivity contribution in [3.05, 3.63) is 65.2 Å². The first kappa shape index (κ1) is 14.1. The molecule has 2 rings (SSSR count). The van der Waals surface area contributed by atoms with Crippen molar-refractivity contribution < 1.29 is 14.6 Å². The van der Waals surface area contributed by atoms with Crippen LogP contribution in [0.2, 0.25) is 0 Å². The summed E-state index contributed by atoms with van der Waals surface area (Å²) in [4.78, 5) is 11.3. The fourth-order valence-corrected chi connectivity index (χ4v) is 1.99. The summed E-state index contributed by atoms with van der Waals surface area (Å²) in [6, 6.07) is 15.0. The van der Waals surface area contributed by atoms with E-state index in [9.17, 15) is 9.90 Å². The number of hydrogen-bond donors (Lipinski definition) is 1. The first-order valence-electron chi connectivity index (χ1n) is 6.57. The van der Waals surface area contributed by atoms with E-state index in [4.69, 9.17) is 4.74 Å². The third kappa shape index (κ3) is 3.60. The van der Waals surface area contributed by atoms with Crippen LogP contribution < -0.4 is 4.74 Å². The quantitative estimate of drug-likeness (QED) is 0.906. The summed E-state index contributed by atoms with van der Waals surface area (Å²) in [7, 11) is 0. The van der Waals surface area contributed by atoms with E-state index in [1.807, 2.05) is 50.2 Å². The van der Waals surface area contributed by atoms with Crippen molar-refractivity contribution in [2.24, 2.45) is 0 Å². The Hall–Kier alpha value is -2.29. The van der Waals surface area contributed by atoms with Crippen molar-refractivity contribution in [1.82, 2.24) is 0 Å². The van der Waals surface area contributed by atoms with Crippen LogP contribution in [0.5, 0.6) is 5.75 Å². The molecule has 0 aromatic heterocycles. The van der Waals surface area contributed by atoms with Crippen molar-refractivity contribution >= 4 is 5.97 Å². The third-order valence-electron chi connectivity index (χ3n) is 3.29. The molecule has 0 aliphatic heterocycles. The lowest BCUT2D eigenvalue weighted by atomic mass is 10.0. The molecule has 3 nitrogen and oxygen atoms in total. The fourth-order valence-electron chi connectivity index (χ4n) is 1.99. The van der Waals surface area contributed by atoms with E-state index in [0.717, 1.165) is 11.1 Å². The molecule has 0 amide bonds. The first-order chi connectivity index (χ1) is 9.56. The lowest BCUT2D eigenvalue weighted by Crippen LogP contribution is -2.29. The molecular formula is C17H18O3. The van der Waals surface area contributed by atoms with Gasteiger partial charge in [0.25, 0.3) is 0 Å². The zero-order valence-electron chi connectivity index (χ0n) is 11.7. The molecule has 2 aromatic rings. The topological polar surface area (TPSA) is 46.5 Å². The molecule has 0 saturated heterocycles. The second-order valence-electron chi connectivity index (χ2n) is 4.88. The molecule has 0 saturated carbocycles. The molecule has 104 valence electrons. The Kier molecular flexibility index (Phi) is 4.41. The average molecular weight is 270 g/mol. The van der Waals surface area contributed by atoms with Crippen LogP contribution in [0.15, 0.2) is 48.5 Å². The summed E-state index contributed by atoms with van der Waals surface area (Å²) in [5, 5.41) is 9.29. The number of para-hydroxylation sites is 1. The number of hydrogen-bond acceptors (Lipinski definition) is 2. The summed E-state index contributed by atoms with van der Waals surface area (Å²) in [6.07, 6.45) is -0.523. The Morgan fingerprint density at radius 1 is 1.10 bits per heavy atom. The van der Waals surface area contributed by atoms with Crippen LogP contribution in [0, 0.1) is 13.8 Å². The molecule has 0 heterocycles. The highest BCUT2D eigenvalue weighted by Gasteiger charge is 2.20. The molecule has 0 spiro atoms. The van der Waals surface area contributed by atoms with Gasteiger partial charge in [-0.05, 0) is 42.7 Å². The highest BCUT2D eigenvalue weighted by Crippen LogP contribution is 2.16. The summed E-state index contributed by atoms with van der Waals surface area (Å²) in [5.41, 5.74) is 3.33. The minimum Gasteiger partial charge on any atom is -0.478 e. The van der Waals surface area contributed by atoms with Crippen LogP contribution in [-0.4, -0.2) is 17.2 Å². The molecular weight excluding hydrogens is 252 g/mol. The van der Waals surface area contributed by atoms with Crippen LogP contribution in [0.1, 0.15) is 16.7 Å². The predicted octanol–water partition coefficient (Wildman–Crippen LogP) is 3.38. The molecule has 3 heteroatoms. The van der Waals surface area contributed by atoms with Crippen molar-refractivity contribution in [3.63, 3.8) is 0 Å². The predicted molar refractivity (Wildman–Crippen MR) is 78.1 cm³/mol. The minimum atomic E-state index is -0.952. The van der Waals surface area contributed by atoms with Crippen molar-refractivity contribution in [2.45, 2.75) is 26.4 Å². The molecule has 20 heavy (non-hydrogen) atoms. The van der Waals surface area contributed by atoms with E-state index in [2.05, 4.69) is 0 Å². The Bertz CT molecular complexity index is 590. The van der Waals surface area contributed by atoms with E-state index in [-0.39, 0.29) is 0 Å². The van der Waals surface area contributed by atoms with Crippen LogP contribution in [-0.2, 0) is 11.2 Å². The number of ether oxygens (including phenoxy) is 1. The van der Waals surface area contributed by atoms with Crippen molar-refractivity contribution in [3.8, 4) is 5.75 Å². The van der Waals surface area contributed by atoms with E-state index in [0.29, 0.717) is 12.2 Å². The lowest BCUT2D eigenvalue weighted by molar-refractivity contribution is -0.145. The maximum Gasteiger partial charge on any atom is 0.345 e. The highest BCUT2D eigenvalue weighted by atomic mass is 16.5. The largest absolute Gasteiger partial charge is 0.478 e. The van der Waals surface area contributed by atoms with Crippen LogP contribution in [0.4, 0.5) is 0 Å². The molecule has 1 N–H and O–H groups in total. The van der Waals surface area contributed by atoms with Gasteiger partial charge in [0.15, 0.2) is 6.10 Å². The van der Waals surface area contributed by atoms with Crippen LogP contribution in [0.25, 0.3) is 0 Å². The Morgan fingerprint density at radius 2 is 1.80 bits per heavy atom. The highest BCUT2D eigenvalue weighted by molar-refractivity contribution is 5.73. The number of carbonyl (C=O) groups is 1. The second kappa shape index (κ2) is 6.24. The van der Waals surface area contributed by atoms with Gasteiger partial charge < -0.3 is 9.84 Å². The first-order valence-corrected chi connectivity index (χ1v) is 6.57. The van der Waals surface area contributed by atoms with Crippen molar-refractivity contribution in [2.75, 3.05) is 0 Å². The smallest absolute Gasteiger partial charge is 0.345 e. The van der Waals surface area contributed by atoms with E-state index in [1.54, 1.807) is 12.1 Å². The summed E-state index contributed by atoms with van der Waals surface area (Å²) < 4.78 is 5.55. The summed E-state index contributed by atoms with van der Waals surface area (Å²) in [6.45, 7) is 4.06. The van der Waals surface area contributed by atoms with E-state index >= 15 is 0 Å². The third-order valence-corrected chi connectivity index (χ3v) is 3.29. The van der Waals surface area contributed by atoms with Gasteiger partial charge in [0.2, 0.25) is 0 Å². The van der Waals surface area contributed by atoms with Gasteiger partial charge in [0.05, 0.1) is 0 Å². The SMILES string of the molecule is Cc1ccc(C[C@@H](Oc2ccccc2)C(=O)O)cc1C. The van der Waals surface area contributed by atoms with Gasteiger partial charge in [-0.1, -0.05) is 36.4 Å². The Labute approximate surface area is 118 Å². The number of rotatable bonds is 5. The monoisotopic (exact) mass is 270 g/mol. The maximum atomic E-state index is 11.3. The van der Waals surface area contributed by atoms with Gasteiger partial charge in [-0.2, -0.15) is 0 Å². The second-order valence-corrected chi connectivity index (χ2v) is 4.88. The molecule has 2 aromatic carbocycles. The average Bonchev–Trinajstić information content (AvgIpc) is 2.43. The molecule has 0 aliphatic rings. The number of aliphatic carboxylic acids is 1.